The summed E-state index contributed by atoms with van der Waals surface area (Å²) < 4.78 is 5.60. The van der Waals surface area contributed by atoms with Gasteiger partial charge in [-0.1, -0.05) is 66.6 Å². The molecule has 3 rings (SSSR count). The normalized spacial score (nSPS) is 15.9. The van der Waals surface area contributed by atoms with Gasteiger partial charge in [0.2, 0.25) is 0 Å². The number of halogens is 1. The summed E-state index contributed by atoms with van der Waals surface area (Å²) in [6, 6.07) is 15.3. The lowest BCUT2D eigenvalue weighted by Gasteiger charge is -2.35. The maximum atomic E-state index is 13.2. The van der Waals surface area contributed by atoms with Gasteiger partial charge in [0.15, 0.2) is 0 Å². The molecule has 1 aliphatic rings. The number of rotatable bonds is 10. The summed E-state index contributed by atoms with van der Waals surface area (Å²) in [4.78, 5) is 38.3. The maximum absolute atomic E-state index is 13.2. The Morgan fingerprint density at radius 1 is 1.06 bits per heavy atom. The molecule has 33 heavy (non-hydrogen) atoms. The minimum absolute atomic E-state index is 0.0899. The summed E-state index contributed by atoms with van der Waals surface area (Å²) in [5.41, 5.74) is 2.29. The highest BCUT2D eigenvalue weighted by Crippen LogP contribution is 2.35. The number of carbonyl (C=O) groups is 3. The molecule has 0 aliphatic carbocycles. The maximum Gasteiger partial charge on any atom is 0.338 e. The van der Waals surface area contributed by atoms with E-state index in [1.54, 1.807) is 31.2 Å². The molecule has 1 heterocycles. The van der Waals surface area contributed by atoms with Crippen molar-refractivity contribution in [3.63, 3.8) is 0 Å². The largest absolute Gasteiger partial charge is 0.481 e. The molecule has 2 N–H and O–H groups in total. The Hall–Kier alpha value is -3.32. The third-order valence-corrected chi connectivity index (χ3v) is 5.86. The molecule has 0 fully saturated rings. The van der Waals surface area contributed by atoms with E-state index in [0.717, 1.165) is 5.56 Å². The smallest absolute Gasteiger partial charge is 0.338 e. The Labute approximate surface area is 198 Å². The number of hydrogen-bond acceptors (Lipinski definition) is 4. The second-order valence-corrected chi connectivity index (χ2v) is 8.23. The number of nitrogens with one attached hydrogen (secondary N) is 1. The number of hydrogen-bond donors (Lipinski definition) is 2. The highest BCUT2D eigenvalue weighted by Gasteiger charge is 2.37. The lowest BCUT2D eigenvalue weighted by atomic mass is 9.94. The van der Waals surface area contributed by atoms with E-state index >= 15 is 0 Å². The van der Waals surface area contributed by atoms with Crippen molar-refractivity contribution in [2.45, 2.75) is 45.3 Å². The van der Waals surface area contributed by atoms with Crippen molar-refractivity contribution < 1.29 is 24.2 Å². The van der Waals surface area contributed by atoms with Gasteiger partial charge in [-0.25, -0.2) is 9.59 Å². The van der Waals surface area contributed by atoms with Gasteiger partial charge in [0.05, 0.1) is 11.6 Å². The van der Waals surface area contributed by atoms with Crippen LogP contribution in [0.15, 0.2) is 65.9 Å². The van der Waals surface area contributed by atoms with Crippen LogP contribution >= 0.6 is 11.6 Å². The second kappa shape index (κ2) is 11.5. The van der Waals surface area contributed by atoms with E-state index in [9.17, 15) is 14.4 Å². The van der Waals surface area contributed by atoms with Crippen LogP contribution in [0.1, 0.15) is 49.8 Å². The average Bonchev–Trinajstić information content (AvgIpc) is 2.79. The van der Waals surface area contributed by atoms with E-state index in [0.29, 0.717) is 47.7 Å². The summed E-state index contributed by atoms with van der Waals surface area (Å²) in [5.74, 6) is -1.37. The van der Waals surface area contributed by atoms with Crippen molar-refractivity contribution in [1.82, 2.24) is 10.2 Å². The van der Waals surface area contributed by atoms with E-state index in [1.807, 2.05) is 30.3 Å². The van der Waals surface area contributed by atoms with Crippen molar-refractivity contribution in [3.05, 3.63) is 82.0 Å². The van der Waals surface area contributed by atoms with Gasteiger partial charge in [-0.05, 0) is 37.0 Å². The van der Waals surface area contributed by atoms with Crippen molar-refractivity contribution in [2.75, 3.05) is 6.54 Å². The highest BCUT2D eigenvalue weighted by molar-refractivity contribution is 6.31. The zero-order chi connectivity index (χ0) is 23.8. The molecule has 0 spiro atoms. The molecule has 1 aliphatic heterocycles. The Bertz CT molecular complexity index is 1040. The van der Waals surface area contributed by atoms with E-state index < -0.39 is 18.0 Å². The highest BCUT2D eigenvalue weighted by atomic mass is 35.5. The summed E-state index contributed by atoms with van der Waals surface area (Å²) in [6.07, 6.45) is 1.89. The number of benzene rings is 2. The molecule has 0 aromatic heterocycles. The van der Waals surface area contributed by atoms with Crippen molar-refractivity contribution in [3.8, 4) is 0 Å². The molecule has 0 saturated carbocycles. The van der Waals surface area contributed by atoms with Gasteiger partial charge >= 0.3 is 18.0 Å². The number of aliphatic carboxylic acids is 1. The molecule has 2 aromatic carbocycles. The second-order valence-electron chi connectivity index (χ2n) is 7.82. The van der Waals surface area contributed by atoms with Gasteiger partial charge in [0, 0.05) is 23.7 Å². The van der Waals surface area contributed by atoms with Crippen molar-refractivity contribution in [1.29, 1.82) is 0 Å². The summed E-state index contributed by atoms with van der Waals surface area (Å²) >= 11 is 6.39. The quantitative estimate of drug-likeness (QED) is 0.373. The van der Waals surface area contributed by atoms with Crippen LogP contribution in [0, 0.1) is 0 Å². The third kappa shape index (κ3) is 6.35. The van der Waals surface area contributed by atoms with Crippen LogP contribution in [-0.4, -0.2) is 34.5 Å². The number of unbranched alkanes of at least 4 members (excludes halogenated alkanes) is 2. The van der Waals surface area contributed by atoms with E-state index in [-0.39, 0.29) is 19.1 Å². The number of carboxylic acid groups (broad SMARTS) is 1. The van der Waals surface area contributed by atoms with Crippen LogP contribution in [0.25, 0.3) is 0 Å². The molecule has 8 heteroatoms. The van der Waals surface area contributed by atoms with Crippen LogP contribution in [-0.2, 0) is 20.9 Å². The first-order valence-electron chi connectivity index (χ1n) is 10.8. The molecule has 1 unspecified atom stereocenters. The molecular weight excluding hydrogens is 444 g/mol. The van der Waals surface area contributed by atoms with Gasteiger partial charge in [0.25, 0.3) is 0 Å². The molecule has 1 atom stereocenters. The number of urea groups is 1. The summed E-state index contributed by atoms with van der Waals surface area (Å²) in [6.45, 7) is 2.19. The fourth-order valence-electron chi connectivity index (χ4n) is 3.78. The first-order valence-corrected chi connectivity index (χ1v) is 11.2. The molecule has 174 valence electrons. The van der Waals surface area contributed by atoms with Gasteiger partial charge in [-0.15, -0.1) is 0 Å². The minimum Gasteiger partial charge on any atom is -0.481 e. The number of amides is 2. The fourth-order valence-corrected chi connectivity index (χ4v) is 4.03. The number of nitrogens with zero attached hydrogens (tertiary/aromatic N) is 1. The molecular formula is C25H27ClN2O5. The first-order chi connectivity index (χ1) is 15.9. The molecule has 0 radical (unpaired) electrons. The van der Waals surface area contributed by atoms with Gasteiger partial charge < -0.3 is 15.2 Å². The Kier molecular flexibility index (Phi) is 8.49. The predicted molar refractivity (Wildman–Crippen MR) is 124 cm³/mol. The topological polar surface area (TPSA) is 95.9 Å². The van der Waals surface area contributed by atoms with Gasteiger partial charge in [0.1, 0.15) is 6.61 Å². The molecule has 2 amide bonds. The Balaban J connectivity index is 1.84. The monoisotopic (exact) mass is 470 g/mol. The predicted octanol–water partition coefficient (Wildman–Crippen LogP) is 5.07. The standard InChI is InChI=1S/C25H27ClN2O5/c1-17-22(24(31)33-16-18-10-4-2-5-11-18)23(19-12-7-8-13-20(19)26)27-25(32)28(17)15-9-3-6-14-21(29)30/h2,4-5,7-8,10-13,23H,3,6,9,14-16H2,1H3,(H,27,32)(H,29,30). The van der Waals surface area contributed by atoms with Crippen molar-refractivity contribution >= 4 is 29.6 Å². The van der Waals surface area contributed by atoms with Crippen molar-refractivity contribution in [2.24, 2.45) is 0 Å². The lowest BCUT2D eigenvalue weighted by molar-refractivity contribution is -0.141. The van der Waals surface area contributed by atoms with Crippen LogP contribution in [0.4, 0.5) is 4.79 Å². The zero-order valence-electron chi connectivity index (χ0n) is 18.4. The minimum atomic E-state index is -0.840. The van der Waals surface area contributed by atoms with Gasteiger partial charge in [-0.3, -0.25) is 9.69 Å². The number of allylic oxidation sites excluding steroid dienone is 1. The lowest BCUT2D eigenvalue weighted by Crippen LogP contribution is -2.48. The van der Waals surface area contributed by atoms with Crippen LogP contribution in [0.2, 0.25) is 5.02 Å². The SMILES string of the molecule is CC1=C(C(=O)OCc2ccccc2)C(c2ccccc2Cl)NC(=O)N1CCCCCC(=O)O. The molecule has 7 nitrogen and oxygen atoms in total. The Morgan fingerprint density at radius 2 is 1.76 bits per heavy atom. The Morgan fingerprint density at radius 3 is 2.45 bits per heavy atom. The third-order valence-electron chi connectivity index (χ3n) is 5.52. The summed E-state index contributed by atoms with van der Waals surface area (Å²) in [5, 5.41) is 12.1. The number of esters is 1. The average molecular weight is 471 g/mol. The first kappa shape index (κ1) is 24.3. The molecule has 0 saturated heterocycles. The van der Waals surface area contributed by atoms with E-state index in [4.69, 9.17) is 21.4 Å². The molecule has 0 bridgehead atoms. The summed E-state index contributed by atoms with van der Waals surface area (Å²) in [7, 11) is 0. The number of ether oxygens (including phenoxy) is 1. The molecule has 2 aromatic rings. The number of carbonyl (C=O) groups excluding carboxylic acids is 2. The van der Waals surface area contributed by atoms with E-state index in [2.05, 4.69) is 5.32 Å². The van der Waals surface area contributed by atoms with E-state index in [1.165, 1.54) is 4.90 Å². The number of carboxylic acids is 1. The van der Waals surface area contributed by atoms with Crippen LogP contribution in [0.3, 0.4) is 0 Å². The van der Waals surface area contributed by atoms with Crippen LogP contribution < -0.4 is 5.32 Å². The van der Waals surface area contributed by atoms with Crippen LogP contribution in [0.5, 0.6) is 0 Å². The van der Waals surface area contributed by atoms with Gasteiger partial charge in [-0.2, -0.15) is 0 Å². The fraction of sp³-hybridized carbons (Fsp3) is 0.320. The zero-order valence-corrected chi connectivity index (χ0v) is 19.2.